The Labute approximate surface area is 102 Å². The van der Waals surface area contributed by atoms with E-state index in [2.05, 4.69) is 5.32 Å². The summed E-state index contributed by atoms with van der Waals surface area (Å²) in [7, 11) is 0. The van der Waals surface area contributed by atoms with Gasteiger partial charge in [0.2, 0.25) is 0 Å². The summed E-state index contributed by atoms with van der Waals surface area (Å²) in [6.07, 6.45) is -7.02. The first-order chi connectivity index (χ1) is 8.34. The van der Waals surface area contributed by atoms with Gasteiger partial charge in [0.1, 0.15) is 0 Å². The predicted octanol–water partition coefficient (Wildman–Crippen LogP) is 1.67. The van der Waals surface area contributed by atoms with Crippen LogP contribution in [0.25, 0.3) is 0 Å². The Morgan fingerprint density at radius 1 is 1.44 bits per heavy atom. The molecule has 1 aromatic rings. The van der Waals surface area contributed by atoms with E-state index in [-0.39, 0.29) is 6.42 Å². The van der Waals surface area contributed by atoms with E-state index >= 15 is 0 Å². The third kappa shape index (κ3) is 3.82. The van der Waals surface area contributed by atoms with Crippen molar-refractivity contribution in [3.63, 3.8) is 0 Å². The SMILES string of the molecule is N#CCc1cc(NCC(O)C(F)(F)F)ccc1N. The average Bonchev–Trinajstić information content (AvgIpc) is 2.28. The van der Waals surface area contributed by atoms with Crippen molar-refractivity contribution in [2.75, 3.05) is 17.6 Å². The van der Waals surface area contributed by atoms with Crippen LogP contribution in [0.4, 0.5) is 24.5 Å². The minimum Gasteiger partial charge on any atom is -0.398 e. The lowest BCUT2D eigenvalue weighted by Gasteiger charge is -2.16. The number of nitrogens with zero attached hydrogens (tertiary/aromatic N) is 1. The molecule has 0 heterocycles. The fourth-order valence-corrected chi connectivity index (χ4v) is 1.28. The number of alkyl halides is 3. The van der Waals surface area contributed by atoms with Gasteiger partial charge in [-0.15, -0.1) is 0 Å². The molecule has 1 aromatic carbocycles. The monoisotopic (exact) mass is 259 g/mol. The summed E-state index contributed by atoms with van der Waals surface area (Å²) in [4.78, 5) is 0. The van der Waals surface area contributed by atoms with Gasteiger partial charge in [-0.3, -0.25) is 0 Å². The third-order valence-electron chi connectivity index (χ3n) is 2.29. The van der Waals surface area contributed by atoms with E-state index in [0.29, 0.717) is 16.9 Å². The quantitative estimate of drug-likeness (QED) is 0.718. The highest BCUT2D eigenvalue weighted by molar-refractivity contribution is 5.58. The van der Waals surface area contributed by atoms with Crippen LogP contribution >= 0.6 is 0 Å². The molecule has 0 radical (unpaired) electrons. The van der Waals surface area contributed by atoms with Crippen LogP contribution < -0.4 is 11.1 Å². The molecule has 0 saturated carbocycles. The van der Waals surface area contributed by atoms with Crippen LogP contribution in [0.3, 0.4) is 0 Å². The fourth-order valence-electron chi connectivity index (χ4n) is 1.28. The van der Waals surface area contributed by atoms with Crippen LogP contribution in [0.15, 0.2) is 18.2 Å². The number of hydrogen-bond donors (Lipinski definition) is 3. The number of nitriles is 1. The Bertz CT molecular complexity index is 454. The Morgan fingerprint density at radius 3 is 2.67 bits per heavy atom. The minimum atomic E-state index is -4.66. The summed E-state index contributed by atoms with van der Waals surface area (Å²) in [6, 6.07) is 6.37. The Morgan fingerprint density at radius 2 is 2.11 bits per heavy atom. The molecule has 0 aliphatic rings. The molecule has 4 N–H and O–H groups in total. The molecule has 18 heavy (non-hydrogen) atoms. The molecule has 0 fully saturated rings. The van der Waals surface area contributed by atoms with E-state index in [9.17, 15) is 13.2 Å². The van der Waals surface area contributed by atoms with Gasteiger partial charge in [-0.1, -0.05) is 0 Å². The summed E-state index contributed by atoms with van der Waals surface area (Å²) in [6.45, 7) is -0.653. The van der Waals surface area contributed by atoms with Crippen molar-refractivity contribution in [2.24, 2.45) is 0 Å². The number of benzene rings is 1. The van der Waals surface area contributed by atoms with E-state index in [1.807, 2.05) is 6.07 Å². The summed E-state index contributed by atoms with van der Waals surface area (Å²) >= 11 is 0. The summed E-state index contributed by atoms with van der Waals surface area (Å²) < 4.78 is 36.2. The number of nitrogens with two attached hydrogens (primary N) is 1. The molecule has 7 heteroatoms. The standard InChI is InChI=1S/C11H12F3N3O/c12-11(13,14)10(18)6-17-8-1-2-9(16)7(5-8)3-4-15/h1-2,5,10,17-18H,3,6,16H2. The second-order valence-electron chi connectivity index (χ2n) is 3.69. The lowest BCUT2D eigenvalue weighted by atomic mass is 10.1. The lowest BCUT2D eigenvalue weighted by Crippen LogP contribution is -2.35. The van der Waals surface area contributed by atoms with Crippen LogP contribution in [0.5, 0.6) is 0 Å². The highest BCUT2D eigenvalue weighted by Crippen LogP contribution is 2.22. The highest BCUT2D eigenvalue weighted by atomic mass is 19.4. The van der Waals surface area contributed by atoms with Gasteiger partial charge >= 0.3 is 6.18 Å². The maximum Gasteiger partial charge on any atom is 0.416 e. The smallest absolute Gasteiger partial charge is 0.398 e. The van der Waals surface area contributed by atoms with Gasteiger partial charge in [0.05, 0.1) is 12.5 Å². The number of nitrogens with one attached hydrogen (secondary N) is 1. The molecule has 0 amide bonds. The molecule has 0 aliphatic heterocycles. The van der Waals surface area contributed by atoms with Crippen molar-refractivity contribution in [2.45, 2.75) is 18.7 Å². The van der Waals surface area contributed by atoms with Crippen LogP contribution in [0, 0.1) is 11.3 Å². The highest BCUT2D eigenvalue weighted by Gasteiger charge is 2.37. The van der Waals surface area contributed by atoms with Crippen LogP contribution in [-0.4, -0.2) is 23.9 Å². The topological polar surface area (TPSA) is 82.1 Å². The van der Waals surface area contributed by atoms with Crippen molar-refractivity contribution in [3.8, 4) is 6.07 Å². The summed E-state index contributed by atoms with van der Waals surface area (Å²) in [5, 5.41) is 19.8. The molecule has 1 atom stereocenters. The third-order valence-corrected chi connectivity index (χ3v) is 2.29. The molecular weight excluding hydrogens is 247 g/mol. The molecule has 0 spiro atoms. The van der Waals surface area contributed by atoms with Crippen LogP contribution in [0.1, 0.15) is 5.56 Å². The minimum absolute atomic E-state index is 0.0726. The van der Waals surface area contributed by atoms with Gasteiger partial charge in [-0.2, -0.15) is 18.4 Å². The molecule has 0 saturated heterocycles. The van der Waals surface area contributed by atoms with E-state index in [1.54, 1.807) is 0 Å². The van der Waals surface area contributed by atoms with Crippen molar-refractivity contribution in [1.82, 2.24) is 0 Å². The largest absolute Gasteiger partial charge is 0.416 e. The first-order valence-corrected chi connectivity index (χ1v) is 5.08. The molecule has 0 aromatic heterocycles. The number of nitrogen functional groups attached to an aromatic ring is 1. The van der Waals surface area contributed by atoms with Gasteiger partial charge in [-0.25, -0.2) is 0 Å². The predicted molar refractivity (Wildman–Crippen MR) is 60.7 cm³/mol. The molecule has 0 aliphatic carbocycles. The number of anilines is 2. The van der Waals surface area contributed by atoms with Crippen LogP contribution in [0.2, 0.25) is 0 Å². The molecule has 1 rings (SSSR count). The first-order valence-electron chi connectivity index (χ1n) is 5.08. The zero-order chi connectivity index (χ0) is 13.8. The van der Waals surface area contributed by atoms with Crippen LogP contribution in [-0.2, 0) is 6.42 Å². The lowest BCUT2D eigenvalue weighted by molar-refractivity contribution is -0.198. The second-order valence-corrected chi connectivity index (χ2v) is 3.69. The first kappa shape index (κ1) is 14.1. The zero-order valence-electron chi connectivity index (χ0n) is 9.33. The summed E-state index contributed by atoms with van der Waals surface area (Å²) in [5.74, 6) is 0. The maximum atomic E-state index is 12.1. The molecule has 1 unspecified atom stereocenters. The normalized spacial score (nSPS) is 12.8. The molecule has 0 bridgehead atoms. The Hall–Kier alpha value is -1.94. The second kappa shape index (κ2) is 5.60. The maximum absolute atomic E-state index is 12.1. The van der Waals surface area contributed by atoms with Gasteiger partial charge in [-0.05, 0) is 23.8 Å². The number of halogens is 3. The van der Waals surface area contributed by atoms with Crippen molar-refractivity contribution >= 4 is 11.4 Å². The average molecular weight is 259 g/mol. The van der Waals surface area contributed by atoms with Gasteiger partial charge in [0.15, 0.2) is 6.10 Å². The van der Waals surface area contributed by atoms with Crippen molar-refractivity contribution < 1.29 is 18.3 Å². The van der Waals surface area contributed by atoms with E-state index < -0.39 is 18.8 Å². The Kier molecular flexibility index (Phi) is 4.39. The number of aliphatic hydroxyl groups excluding tert-OH is 1. The Balaban J connectivity index is 2.69. The molecular formula is C11H12F3N3O. The van der Waals surface area contributed by atoms with Gasteiger partial charge in [0, 0.05) is 17.9 Å². The van der Waals surface area contributed by atoms with E-state index in [4.69, 9.17) is 16.1 Å². The zero-order valence-corrected chi connectivity index (χ0v) is 9.33. The fraction of sp³-hybridized carbons (Fsp3) is 0.364. The summed E-state index contributed by atoms with van der Waals surface area (Å²) in [5.41, 5.74) is 6.90. The number of hydrogen-bond acceptors (Lipinski definition) is 4. The van der Waals surface area contributed by atoms with E-state index in [0.717, 1.165) is 0 Å². The molecule has 4 nitrogen and oxygen atoms in total. The van der Waals surface area contributed by atoms with E-state index in [1.165, 1.54) is 18.2 Å². The number of rotatable bonds is 4. The van der Waals surface area contributed by atoms with Crippen molar-refractivity contribution in [3.05, 3.63) is 23.8 Å². The van der Waals surface area contributed by atoms with Gasteiger partial charge in [0.25, 0.3) is 0 Å². The van der Waals surface area contributed by atoms with Gasteiger partial charge < -0.3 is 16.2 Å². The number of aliphatic hydroxyl groups is 1. The molecule has 98 valence electrons. The van der Waals surface area contributed by atoms with Crippen molar-refractivity contribution in [1.29, 1.82) is 5.26 Å².